The summed E-state index contributed by atoms with van der Waals surface area (Å²) in [7, 11) is 0. The second-order valence-corrected chi connectivity index (χ2v) is 15.2. The molecule has 9 aromatic carbocycles. The summed E-state index contributed by atoms with van der Waals surface area (Å²) in [6, 6.07) is 63.2. The van der Waals surface area contributed by atoms with Crippen molar-refractivity contribution in [1.29, 1.82) is 0 Å². The Kier molecular flexibility index (Phi) is 6.90. The van der Waals surface area contributed by atoms with Crippen molar-refractivity contribution < 1.29 is 0 Å². The van der Waals surface area contributed by atoms with Crippen molar-refractivity contribution in [2.24, 2.45) is 0 Å². The zero-order valence-corrected chi connectivity index (χ0v) is 30.6. The van der Waals surface area contributed by atoms with Gasteiger partial charge in [0.25, 0.3) is 0 Å². The van der Waals surface area contributed by atoms with Crippen LogP contribution >= 0.6 is 0 Å². The number of nitrogens with zero attached hydrogens (tertiary/aromatic N) is 3. The lowest BCUT2D eigenvalue weighted by Gasteiger charge is -2.21. The van der Waals surface area contributed by atoms with Gasteiger partial charge in [0.05, 0.1) is 0 Å². The smallest absolute Gasteiger partial charge is 0.164 e. The Labute approximate surface area is 319 Å². The molecule has 0 aliphatic heterocycles. The van der Waals surface area contributed by atoms with Gasteiger partial charge in [-0.1, -0.05) is 172 Å². The topological polar surface area (TPSA) is 38.7 Å². The van der Waals surface area contributed by atoms with Gasteiger partial charge >= 0.3 is 0 Å². The number of hydrogen-bond acceptors (Lipinski definition) is 3. The van der Waals surface area contributed by atoms with E-state index < -0.39 is 0 Å². The highest BCUT2D eigenvalue weighted by Gasteiger charge is 2.35. The molecule has 0 spiro atoms. The van der Waals surface area contributed by atoms with E-state index in [-0.39, 0.29) is 5.41 Å². The summed E-state index contributed by atoms with van der Waals surface area (Å²) in [4.78, 5) is 15.5. The number of fused-ring (bicyclic) bond motifs is 10. The molecule has 258 valence electrons. The van der Waals surface area contributed by atoms with Gasteiger partial charge in [0, 0.05) is 22.1 Å². The van der Waals surface area contributed by atoms with Crippen LogP contribution in [0.25, 0.3) is 99.5 Å². The summed E-state index contributed by atoms with van der Waals surface area (Å²) < 4.78 is 0. The van der Waals surface area contributed by atoms with E-state index in [4.69, 9.17) is 15.0 Å². The molecule has 1 aliphatic rings. The summed E-state index contributed by atoms with van der Waals surface area (Å²) in [5.74, 6) is 1.97. The van der Waals surface area contributed by atoms with Crippen LogP contribution in [-0.2, 0) is 5.41 Å². The Morgan fingerprint density at radius 2 is 0.891 bits per heavy atom. The lowest BCUT2D eigenvalue weighted by atomic mass is 9.82. The fourth-order valence-corrected chi connectivity index (χ4v) is 8.95. The first-order valence-electron chi connectivity index (χ1n) is 18.9. The summed E-state index contributed by atoms with van der Waals surface area (Å²) in [6.07, 6.45) is 0. The Morgan fingerprint density at radius 3 is 1.67 bits per heavy atom. The van der Waals surface area contributed by atoms with E-state index in [0.717, 1.165) is 22.3 Å². The van der Waals surface area contributed by atoms with E-state index in [1.807, 2.05) is 18.2 Å². The predicted molar refractivity (Wildman–Crippen MR) is 229 cm³/mol. The first-order chi connectivity index (χ1) is 27.0. The minimum atomic E-state index is -0.131. The molecule has 0 bridgehead atoms. The van der Waals surface area contributed by atoms with E-state index in [9.17, 15) is 0 Å². The molecule has 0 saturated heterocycles. The van der Waals surface area contributed by atoms with Crippen LogP contribution in [0.3, 0.4) is 0 Å². The monoisotopic (exact) mass is 701 g/mol. The van der Waals surface area contributed by atoms with Crippen LogP contribution in [0.5, 0.6) is 0 Å². The standard InChI is InChI=1S/C52H35N3/c1-52(2)45-22-11-10-21-41(45)42-27-26-38(31-46(42)52)51-54-49(34-15-4-3-5-16-34)53-50(55-51)37-18-12-17-35(29-37)44-30-36-24-23-32-13-6-8-19-39(32)47(36)43-28-25-33-14-7-9-20-40(33)48(43)44/h3-31H,1-2H3. The van der Waals surface area contributed by atoms with Gasteiger partial charge in [0.2, 0.25) is 0 Å². The first-order valence-corrected chi connectivity index (χ1v) is 18.9. The molecule has 10 aromatic rings. The molecule has 1 aliphatic carbocycles. The molecule has 1 aromatic heterocycles. The lowest BCUT2D eigenvalue weighted by Crippen LogP contribution is -2.15. The van der Waals surface area contributed by atoms with Crippen molar-refractivity contribution in [2.75, 3.05) is 0 Å². The van der Waals surface area contributed by atoms with Crippen LogP contribution in [0.1, 0.15) is 25.0 Å². The van der Waals surface area contributed by atoms with Crippen LogP contribution in [0.4, 0.5) is 0 Å². The van der Waals surface area contributed by atoms with E-state index in [1.54, 1.807) is 0 Å². The Hall–Kier alpha value is -6.97. The van der Waals surface area contributed by atoms with Crippen molar-refractivity contribution in [3.63, 3.8) is 0 Å². The zero-order chi connectivity index (χ0) is 36.7. The van der Waals surface area contributed by atoms with Crippen molar-refractivity contribution in [1.82, 2.24) is 15.0 Å². The van der Waals surface area contributed by atoms with Crippen LogP contribution in [0.2, 0.25) is 0 Å². The molecule has 0 amide bonds. The van der Waals surface area contributed by atoms with Crippen molar-refractivity contribution in [3.05, 3.63) is 187 Å². The molecule has 3 heteroatoms. The fraction of sp³-hybridized carbons (Fsp3) is 0.0577. The van der Waals surface area contributed by atoms with Gasteiger partial charge in [-0.3, -0.25) is 0 Å². The molecule has 0 unspecified atom stereocenters. The maximum atomic E-state index is 5.23. The van der Waals surface area contributed by atoms with Crippen LogP contribution in [0, 0.1) is 0 Å². The minimum Gasteiger partial charge on any atom is -0.208 e. The maximum Gasteiger partial charge on any atom is 0.164 e. The summed E-state index contributed by atoms with van der Waals surface area (Å²) >= 11 is 0. The van der Waals surface area contributed by atoms with Gasteiger partial charge < -0.3 is 0 Å². The third-order valence-corrected chi connectivity index (χ3v) is 11.7. The lowest BCUT2D eigenvalue weighted by molar-refractivity contribution is 0.660. The summed E-state index contributed by atoms with van der Waals surface area (Å²) in [5, 5.41) is 9.99. The fourth-order valence-electron chi connectivity index (χ4n) is 8.95. The highest BCUT2D eigenvalue weighted by molar-refractivity contribution is 6.28. The Morgan fingerprint density at radius 1 is 0.327 bits per heavy atom. The Balaban J connectivity index is 1.12. The highest BCUT2D eigenvalue weighted by Crippen LogP contribution is 2.49. The molecule has 0 atom stereocenters. The van der Waals surface area contributed by atoms with Gasteiger partial charge in [-0.15, -0.1) is 0 Å². The third kappa shape index (κ3) is 4.93. The molecule has 0 radical (unpaired) electrons. The molecule has 0 saturated carbocycles. The van der Waals surface area contributed by atoms with E-state index in [2.05, 4.69) is 172 Å². The summed E-state index contributed by atoms with van der Waals surface area (Å²) in [5.41, 5.74) is 10.3. The van der Waals surface area contributed by atoms with Gasteiger partial charge in [0.15, 0.2) is 17.5 Å². The predicted octanol–water partition coefficient (Wildman–Crippen LogP) is 13.5. The molecule has 0 fully saturated rings. The van der Waals surface area contributed by atoms with Crippen LogP contribution < -0.4 is 0 Å². The second kappa shape index (κ2) is 12.0. The van der Waals surface area contributed by atoms with Crippen molar-refractivity contribution in [3.8, 4) is 56.4 Å². The summed E-state index contributed by atoms with van der Waals surface area (Å²) in [6.45, 7) is 4.62. The molecular weight excluding hydrogens is 667 g/mol. The average molecular weight is 702 g/mol. The molecule has 1 heterocycles. The first kappa shape index (κ1) is 31.5. The number of rotatable bonds is 4. The van der Waals surface area contributed by atoms with E-state index >= 15 is 0 Å². The Bertz CT molecular complexity index is 3180. The van der Waals surface area contributed by atoms with Gasteiger partial charge in [-0.05, 0) is 94.7 Å². The maximum absolute atomic E-state index is 5.23. The van der Waals surface area contributed by atoms with Crippen LogP contribution in [-0.4, -0.2) is 15.0 Å². The van der Waals surface area contributed by atoms with E-state index in [1.165, 1.54) is 70.9 Å². The normalized spacial score (nSPS) is 13.1. The zero-order valence-electron chi connectivity index (χ0n) is 30.6. The van der Waals surface area contributed by atoms with E-state index in [0.29, 0.717) is 17.5 Å². The number of aromatic nitrogens is 3. The van der Waals surface area contributed by atoms with Crippen molar-refractivity contribution in [2.45, 2.75) is 19.3 Å². The average Bonchev–Trinajstić information content (AvgIpc) is 3.48. The molecule has 0 N–H and O–H groups in total. The third-order valence-electron chi connectivity index (χ3n) is 11.7. The number of hydrogen-bond donors (Lipinski definition) is 0. The molecular formula is C52H35N3. The quantitative estimate of drug-likeness (QED) is 0.171. The van der Waals surface area contributed by atoms with Crippen LogP contribution in [0.15, 0.2) is 176 Å². The second-order valence-electron chi connectivity index (χ2n) is 15.2. The highest BCUT2D eigenvalue weighted by atomic mass is 15.0. The largest absolute Gasteiger partial charge is 0.208 e. The molecule has 11 rings (SSSR count). The SMILES string of the molecule is CC1(C)c2ccccc2-c2ccc(-c3nc(-c4ccccc4)nc(-c4cccc(-c5cc6ccc7ccccc7c6c6ccc7ccccc7c56)c4)n3)cc21. The van der Waals surface area contributed by atoms with Gasteiger partial charge in [-0.25, -0.2) is 15.0 Å². The van der Waals surface area contributed by atoms with Gasteiger partial charge in [-0.2, -0.15) is 0 Å². The molecule has 3 nitrogen and oxygen atoms in total. The van der Waals surface area contributed by atoms with Gasteiger partial charge in [0.1, 0.15) is 0 Å². The van der Waals surface area contributed by atoms with Crippen molar-refractivity contribution >= 4 is 43.1 Å². The molecule has 55 heavy (non-hydrogen) atoms. The minimum absolute atomic E-state index is 0.131. The number of benzene rings is 9.